The van der Waals surface area contributed by atoms with E-state index in [4.69, 9.17) is 15.0 Å². The summed E-state index contributed by atoms with van der Waals surface area (Å²) in [6.07, 6.45) is 3.15. The van der Waals surface area contributed by atoms with Gasteiger partial charge in [-0.05, 0) is 51.7 Å². The minimum absolute atomic E-state index is 0.226. The Hall–Kier alpha value is -1.24. The number of rotatable bonds is 3. The minimum Gasteiger partial charge on any atom is -0.400 e. The number of halogens is 1. The molecule has 1 aromatic rings. The van der Waals surface area contributed by atoms with Gasteiger partial charge in [-0.1, -0.05) is 6.08 Å². The number of pyridine rings is 1. The van der Waals surface area contributed by atoms with E-state index in [1.54, 1.807) is 12.1 Å². The van der Waals surface area contributed by atoms with Gasteiger partial charge < -0.3 is 15.0 Å². The lowest BCUT2D eigenvalue weighted by Gasteiger charge is -2.32. The Morgan fingerprint density at radius 1 is 1.33 bits per heavy atom. The molecular formula is C15H22BFN2O2. The monoisotopic (exact) mass is 292 g/mol. The van der Waals surface area contributed by atoms with Crippen molar-refractivity contribution in [1.29, 1.82) is 0 Å². The van der Waals surface area contributed by atoms with Gasteiger partial charge in [0.25, 0.3) is 0 Å². The van der Waals surface area contributed by atoms with Crippen LogP contribution in [0.5, 0.6) is 0 Å². The van der Waals surface area contributed by atoms with Gasteiger partial charge in [-0.25, -0.2) is 4.98 Å². The van der Waals surface area contributed by atoms with Crippen LogP contribution in [-0.2, 0) is 9.31 Å². The molecule has 1 saturated heterocycles. The van der Waals surface area contributed by atoms with Crippen molar-refractivity contribution in [3.05, 3.63) is 34.8 Å². The number of aryl methyl sites for hydroxylation is 1. The molecule has 1 fully saturated rings. The lowest BCUT2D eigenvalue weighted by molar-refractivity contribution is 0.00578. The predicted molar refractivity (Wildman–Crippen MR) is 82.0 cm³/mol. The Balaban J connectivity index is 2.33. The van der Waals surface area contributed by atoms with Crippen molar-refractivity contribution < 1.29 is 13.7 Å². The van der Waals surface area contributed by atoms with E-state index in [0.29, 0.717) is 11.0 Å². The van der Waals surface area contributed by atoms with Crippen LogP contribution in [0.15, 0.2) is 17.7 Å². The smallest absolute Gasteiger partial charge is 0.400 e. The van der Waals surface area contributed by atoms with Crippen molar-refractivity contribution in [3.8, 4) is 0 Å². The highest BCUT2D eigenvalue weighted by Gasteiger charge is 2.52. The number of hydrogen-bond donors (Lipinski definition) is 1. The van der Waals surface area contributed by atoms with E-state index >= 15 is 0 Å². The molecule has 1 aliphatic heterocycles. The highest BCUT2D eigenvalue weighted by molar-refractivity contribution is 6.55. The summed E-state index contributed by atoms with van der Waals surface area (Å²) in [6.45, 7) is 9.96. The van der Waals surface area contributed by atoms with E-state index < -0.39 is 24.3 Å². The molecule has 2 rings (SSSR count). The first-order valence-corrected chi connectivity index (χ1v) is 7.04. The molecule has 0 unspecified atom stereocenters. The highest BCUT2D eigenvalue weighted by Crippen LogP contribution is 2.38. The molecule has 0 aliphatic carbocycles. The van der Waals surface area contributed by atoms with Gasteiger partial charge in [0, 0.05) is 18.3 Å². The maximum absolute atomic E-state index is 13.8. The fourth-order valence-electron chi connectivity index (χ4n) is 2.09. The second-order valence-electron chi connectivity index (χ2n) is 6.40. The molecule has 6 heteroatoms. The van der Waals surface area contributed by atoms with Crippen LogP contribution in [0.4, 0.5) is 4.39 Å². The van der Waals surface area contributed by atoms with E-state index in [1.807, 2.05) is 34.6 Å². The minimum atomic E-state index is -0.570. The molecule has 0 saturated carbocycles. The first kappa shape index (κ1) is 16.1. The number of aromatic nitrogens is 1. The second-order valence-corrected chi connectivity index (χ2v) is 6.40. The van der Waals surface area contributed by atoms with Gasteiger partial charge in [-0.2, -0.15) is 4.39 Å². The van der Waals surface area contributed by atoms with Crippen LogP contribution in [0.1, 0.15) is 38.8 Å². The highest BCUT2D eigenvalue weighted by atomic mass is 19.1. The molecule has 0 aromatic carbocycles. The van der Waals surface area contributed by atoms with Crippen molar-refractivity contribution in [2.45, 2.75) is 45.8 Å². The third-order valence-corrected chi connectivity index (χ3v) is 4.14. The van der Waals surface area contributed by atoms with Gasteiger partial charge >= 0.3 is 7.12 Å². The molecule has 0 bridgehead atoms. The van der Waals surface area contributed by atoms with Crippen molar-refractivity contribution in [2.75, 3.05) is 6.54 Å². The lowest BCUT2D eigenvalue weighted by atomic mass is 9.77. The molecule has 21 heavy (non-hydrogen) atoms. The summed E-state index contributed by atoms with van der Waals surface area (Å²) in [7, 11) is -0.570. The quantitative estimate of drug-likeness (QED) is 0.687. The molecule has 0 atom stereocenters. The van der Waals surface area contributed by atoms with Crippen LogP contribution < -0.4 is 5.73 Å². The predicted octanol–water partition coefficient (Wildman–Crippen LogP) is 2.50. The largest absolute Gasteiger partial charge is 0.491 e. The van der Waals surface area contributed by atoms with E-state index in [1.165, 1.54) is 6.20 Å². The maximum Gasteiger partial charge on any atom is 0.491 e. The first-order valence-electron chi connectivity index (χ1n) is 7.04. The summed E-state index contributed by atoms with van der Waals surface area (Å²) >= 11 is 0. The summed E-state index contributed by atoms with van der Waals surface area (Å²) in [4.78, 5) is 3.72. The van der Waals surface area contributed by atoms with Crippen LogP contribution in [-0.4, -0.2) is 29.8 Å². The summed E-state index contributed by atoms with van der Waals surface area (Å²) in [5, 5.41) is 0. The third kappa shape index (κ3) is 3.17. The number of hydrogen-bond acceptors (Lipinski definition) is 4. The molecule has 1 aromatic heterocycles. The van der Waals surface area contributed by atoms with E-state index in [9.17, 15) is 4.39 Å². The molecular weight excluding hydrogens is 270 g/mol. The molecule has 1 aliphatic rings. The summed E-state index contributed by atoms with van der Waals surface area (Å²) in [5.74, 6) is -0.525. The van der Waals surface area contributed by atoms with Gasteiger partial charge in [-0.3, -0.25) is 0 Å². The van der Waals surface area contributed by atoms with Crippen molar-refractivity contribution >= 4 is 13.2 Å². The summed E-state index contributed by atoms with van der Waals surface area (Å²) in [6, 6.07) is 1.73. The lowest BCUT2D eigenvalue weighted by Crippen LogP contribution is -2.41. The molecule has 2 heterocycles. The SMILES string of the molecule is Cc1cnc(F)c(C=C(CN)B2OC(C)(C)C(C)(C)O2)c1. The molecule has 0 amide bonds. The molecule has 0 spiro atoms. The Kier molecular flexibility index (Phi) is 4.24. The normalized spacial score (nSPS) is 20.9. The van der Waals surface area contributed by atoms with Crippen molar-refractivity contribution in [3.63, 3.8) is 0 Å². The Morgan fingerprint density at radius 3 is 2.43 bits per heavy atom. The van der Waals surface area contributed by atoms with Gasteiger partial charge in [0.1, 0.15) is 0 Å². The van der Waals surface area contributed by atoms with Crippen LogP contribution in [0.3, 0.4) is 0 Å². The van der Waals surface area contributed by atoms with Gasteiger partial charge in [0.05, 0.1) is 11.2 Å². The molecule has 2 N–H and O–H groups in total. The summed E-state index contributed by atoms with van der Waals surface area (Å²) in [5.41, 5.74) is 6.87. The third-order valence-electron chi connectivity index (χ3n) is 4.14. The zero-order valence-electron chi connectivity index (χ0n) is 13.2. The van der Waals surface area contributed by atoms with Crippen molar-refractivity contribution in [2.24, 2.45) is 5.73 Å². The first-order chi connectivity index (χ1) is 9.66. The van der Waals surface area contributed by atoms with Crippen LogP contribution >= 0.6 is 0 Å². The van der Waals surface area contributed by atoms with Gasteiger partial charge in [0.2, 0.25) is 5.95 Å². The topological polar surface area (TPSA) is 57.4 Å². The second kappa shape index (κ2) is 5.52. The van der Waals surface area contributed by atoms with Gasteiger partial charge in [-0.15, -0.1) is 0 Å². The molecule has 0 radical (unpaired) electrons. The number of nitrogens with zero attached hydrogens (tertiary/aromatic N) is 1. The Bertz CT molecular complexity index is 557. The van der Waals surface area contributed by atoms with Crippen molar-refractivity contribution in [1.82, 2.24) is 4.98 Å². The maximum atomic E-state index is 13.8. The Labute approximate surface area is 125 Å². The zero-order valence-corrected chi connectivity index (χ0v) is 13.2. The molecule has 114 valence electrons. The molecule has 4 nitrogen and oxygen atoms in total. The van der Waals surface area contributed by atoms with Crippen LogP contribution in [0.2, 0.25) is 0 Å². The van der Waals surface area contributed by atoms with E-state index in [-0.39, 0.29) is 6.54 Å². The average Bonchev–Trinajstić information content (AvgIpc) is 2.59. The van der Waals surface area contributed by atoms with Crippen LogP contribution in [0, 0.1) is 12.9 Å². The average molecular weight is 292 g/mol. The van der Waals surface area contributed by atoms with E-state index in [2.05, 4.69) is 4.98 Å². The fraction of sp³-hybridized carbons (Fsp3) is 0.533. The van der Waals surface area contributed by atoms with E-state index in [0.717, 1.165) is 5.56 Å². The summed E-state index contributed by atoms with van der Waals surface area (Å²) < 4.78 is 25.7. The standard InChI is InChI=1S/C15H22BFN2O2/c1-10-6-11(13(17)19-9-10)7-12(8-18)16-20-14(2,3)15(4,5)21-16/h6-7,9H,8,18H2,1-5H3. The zero-order chi connectivity index (χ0) is 15.8. The fourth-order valence-corrected chi connectivity index (χ4v) is 2.09. The van der Waals surface area contributed by atoms with Gasteiger partial charge in [0.15, 0.2) is 0 Å². The Morgan fingerprint density at radius 2 is 1.90 bits per heavy atom. The number of nitrogens with two attached hydrogens (primary N) is 1. The van der Waals surface area contributed by atoms with Crippen LogP contribution in [0.25, 0.3) is 6.08 Å².